The zero-order chi connectivity index (χ0) is 37.7. The van der Waals surface area contributed by atoms with Crippen molar-refractivity contribution in [3.63, 3.8) is 0 Å². The Labute approximate surface area is 313 Å². The molecule has 0 radical (unpaired) electrons. The molecule has 14 heteroatoms. The van der Waals surface area contributed by atoms with Crippen molar-refractivity contribution in [2.75, 3.05) is 13.7 Å². The van der Waals surface area contributed by atoms with Gasteiger partial charge < -0.3 is 9.47 Å². The van der Waals surface area contributed by atoms with Crippen LogP contribution in [0.5, 0.6) is 11.5 Å². The van der Waals surface area contributed by atoms with Gasteiger partial charge in [-0.3, -0.25) is 29.4 Å². The van der Waals surface area contributed by atoms with Gasteiger partial charge in [0.1, 0.15) is 39.5 Å². The molecule has 2 saturated carbocycles. The fourth-order valence-electron chi connectivity index (χ4n) is 7.27. The Morgan fingerprint density at radius 3 is 2.68 bits per heavy atom. The van der Waals surface area contributed by atoms with Crippen LogP contribution in [-0.2, 0) is 24.4 Å². The van der Waals surface area contributed by atoms with Crippen LogP contribution in [0, 0.1) is 42.9 Å². The highest BCUT2D eigenvalue weighted by molar-refractivity contribution is 7.91. The maximum atomic E-state index is 13.9. The van der Waals surface area contributed by atoms with Crippen LogP contribution in [0.25, 0.3) is 21.6 Å². The molecule has 1 aromatic carbocycles. The lowest BCUT2D eigenvalue weighted by Gasteiger charge is -2.39. The molecule has 2 unspecified atom stereocenters. The molecule has 1 amide bonds. The zero-order valence-electron chi connectivity index (χ0n) is 30.2. The Morgan fingerprint density at radius 2 is 1.96 bits per heavy atom. The van der Waals surface area contributed by atoms with Gasteiger partial charge in [-0.15, -0.1) is 17.8 Å². The third kappa shape index (κ3) is 7.52. The van der Waals surface area contributed by atoms with Gasteiger partial charge in [0.05, 0.1) is 29.8 Å². The minimum atomic E-state index is -3.97. The lowest BCUT2D eigenvalue weighted by Crippen LogP contribution is -2.54. The van der Waals surface area contributed by atoms with Gasteiger partial charge in [0, 0.05) is 71.3 Å². The second-order valence-corrected chi connectivity index (χ2v) is 17.9. The summed E-state index contributed by atoms with van der Waals surface area (Å²) in [5.74, 6) is -0.0433. The maximum Gasteiger partial charge on any atom is 0.240 e. The number of fused-ring (bicyclic) bond motifs is 2. The number of benzene rings is 1. The van der Waals surface area contributed by atoms with E-state index in [9.17, 15) is 22.8 Å². The van der Waals surface area contributed by atoms with E-state index in [-0.39, 0.29) is 36.9 Å². The summed E-state index contributed by atoms with van der Waals surface area (Å²) in [6, 6.07) is 5.41. The number of ketones is 2. The van der Waals surface area contributed by atoms with E-state index < -0.39 is 44.7 Å². The van der Waals surface area contributed by atoms with Gasteiger partial charge in [0.15, 0.2) is 6.23 Å². The van der Waals surface area contributed by atoms with E-state index in [1.54, 1.807) is 31.7 Å². The molecule has 3 aliphatic carbocycles. The number of rotatable bonds is 7. The molecule has 5 atom stereocenters. The predicted octanol–water partition coefficient (Wildman–Crippen LogP) is 5.28. The fraction of sp³-hybridized carbons (Fsp3) is 0.487. The highest BCUT2D eigenvalue weighted by Gasteiger charge is 2.52. The van der Waals surface area contributed by atoms with Crippen molar-refractivity contribution in [3.05, 3.63) is 46.1 Å². The van der Waals surface area contributed by atoms with E-state index in [1.165, 1.54) is 16.9 Å². The number of aryl methyl sites for hydroxylation is 1. The summed E-state index contributed by atoms with van der Waals surface area (Å²) in [4.78, 5) is 55.4. The van der Waals surface area contributed by atoms with Crippen molar-refractivity contribution in [2.45, 2.75) is 83.1 Å². The summed E-state index contributed by atoms with van der Waals surface area (Å²) in [6.45, 7) is 5.37. The molecule has 278 valence electrons. The van der Waals surface area contributed by atoms with E-state index in [2.05, 4.69) is 20.9 Å². The van der Waals surface area contributed by atoms with Gasteiger partial charge in [-0.1, -0.05) is 6.92 Å². The highest BCUT2D eigenvalue weighted by Crippen LogP contribution is 2.44. The van der Waals surface area contributed by atoms with Gasteiger partial charge >= 0.3 is 0 Å². The number of carbonyl (C=O) groups excluding carboxylic acids is 3. The average molecular weight is 758 g/mol. The number of nitrogens with one attached hydrogen (secondary N) is 2. The predicted molar refractivity (Wildman–Crippen MR) is 202 cm³/mol. The van der Waals surface area contributed by atoms with Crippen LogP contribution in [0.15, 0.2) is 39.8 Å². The number of aromatic nitrogens is 2. The van der Waals surface area contributed by atoms with Crippen LogP contribution in [0.1, 0.15) is 76.5 Å². The normalized spacial score (nSPS) is 26.4. The number of Topliss-reactive ketones (excluding diaryl/α,β-unsaturated/α-hetero) is 2. The van der Waals surface area contributed by atoms with Gasteiger partial charge in [-0.25, -0.2) is 18.4 Å². The SMILES string of the molecule is C#Cc1csc(-c2cc(O[C@@H]3NCC(=O)C(C)CCCC4=C(C4)/N=C\[C@H]4C3CC(=O)C[C@H]4C(=O)NS(=O)(=O)C3(C)CC3)c3ccc(OC)c(C)c3n2)n1. The summed E-state index contributed by atoms with van der Waals surface area (Å²) in [7, 11) is -2.39. The van der Waals surface area contributed by atoms with E-state index in [0.29, 0.717) is 51.6 Å². The molecule has 53 heavy (non-hydrogen) atoms. The lowest BCUT2D eigenvalue weighted by molar-refractivity contribution is -0.135. The molecule has 1 aliphatic heterocycles. The second-order valence-electron chi connectivity index (χ2n) is 14.9. The van der Waals surface area contributed by atoms with Crippen molar-refractivity contribution >= 4 is 56.0 Å². The van der Waals surface area contributed by atoms with Gasteiger partial charge in [0.2, 0.25) is 15.9 Å². The zero-order valence-corrected chi connectivity index (χ0v) is 31.9. The number of methoxy groups -OCH3 is 1. The molecule has 0 spiro atoms. The molecule has 2 N–H and O–H groups in total. The number of hydrogen-bond acceptors (Lipinski definition) is 12. The smallest absolute Gasteiger partial charge is 0.240 e. The summed E-state index contributed by atoms with van der Waals surface area (Å²) in [5, 5.41) is 6.32. The first kappa shape index (κ1) is 36.9. The van der Waals surface area contributed by atoms with E-state index >= 15 is 0 Å². The number of amides is 1. The van der Waals surface area contributed by atoms with Crippen molar-refractivity contribution in [1.82, 2.24) is 20.0 Å². The van der Waals surface area contributed by atoms with Gasteiger partial charge in [-0.2, -0.15) is 0 Å². The van der Waals surface area contributed by atoms with Gasteiger partial charge in [0.25, 0.3) is 0 Å². The Hall–Kier alpha value is -4.45. The van der Waals surface area contributed by atoms with Crippen molar-refractivity contribution < 1.29 is 32.3 Å². The Morgan fingerprint density at radius 1 is 1.17 bits per heavy atom. The fourth-order valence-corrected chi connectivity index (χ4v) is 9.30. The summed E-state index contributed by atoms with van der Waals surface area (Å²) in [6.07, 6.45) is 10.3. The molecule has 0 bridgehead atoms. The number of terminal acetylenes is 1. The first-order valence-corrected chi connectivity index (χ1v) is 20.3. The summed E-state index contributed by atoms with van der Waals surface area (Å²) >= 11 is 1.34. The van der Waals surface area contributed by atoms with E-state index in [4.69, 9.17) is 25.9 Å². The maximum absolute atomic E-state index is 13.9. The van der Waals surface area contributed by atoms with Crippen LogP contribution in [0.4, 0.5) is 0 Å². The number of allylic oxidation sites excluding steroid dienone is 2. The minimum Gasteiger partial charge on any atom is -0.496 e. The number of carbonyl (C=O) groups is 3. The summed E-state index contributed by atoms with van der Waals surface area (Å²) in [5.41, 5.74) is 4.46. The monoisotopic (exact) mass is 757 g/mol. The van der Waals surface area contributed by atoms with Gasteiger partial charge in [-0.05, 0) is 69.6 Å². The molecule has 12 nitrogen and oxygen atoms in total. The average Bonchev–Trinajstić information content (AvgIpc) is 4.02. The summed E-state index contributed by atoms with van der Waals surface area (Å²) < 4.78 is 40.3. The van der Waals surface area contributed by atoms with Crippen molar-refractivity contribution in [3.8, 4) is 34.5 Å². The standard InChI is InChI=1S/C39H43N5O7S2/c1-6-24-20-52-38(42-24)31-17-34(26-10-11-33(50-5)22(3)35(26)43-31)51-37-28-16-25(45)15-27(36(47)44-53(48,49)39(4)12-13-39)29(28)18-40-30-14-23(30)9-7-8-21(2)32(46)19-41-37/h1,10-11,17-18,20-21,27-29,37,41H,7-9,12-16,19H2,2-5H3,(H,44,47)/b40-18-/t21?,27-,28?,29-,37+/m1/s1. The Bertz CT molecular complexity index is 2220. The third-order valence-corrected chi connectivity index (χ3v) is 14.2. The molecule has 0 saturated heterocycles. The quantitative estimate of drug-likeness (QED) is 0.303. The molecule has 7 rings (SSSR count). The highest BCUT2D eigenvalue weighted by atomic mass is 32.2. The van der Waals surface area contributed by atoms with E-state index in [0.717, 1.165) is 36.9 Å². The lowest BCUT2D eigenvalue weighted by atomic mass is 9.70. The van der Waals surface area contributed by atoms with Crippen LogP contribution in [0.2, 0.25) is 0 Å². The molecule has 3 aromatic rings. The Balaban J connectivity index is 1.33. The second kappa shape index (κ2) is 14.4. The largest absolute Gasteiger partial charge is 0.496 e. The number of aliphatic imine (C=N–C) groups is 1. The molecule has 3 heterocycles. The van der Waals surface area contributed by atoms with Crippen LogP contribution in [-0.4, -0.2) is 66.7 Å². The number of hydrogen-bond donors (Lipinski definition) is 2. The molecule has 2 aromatic heterocycles. The third-order valence-electron chi connectivity index (χ3n) is 11.1. The number of ether oxygens (including phenoxy) is 2. The molecule has 2 fully saturated rings. The molecule has 4 aliphatic rings. The first-order valence-electron chi connectivity index (χ1n) is 18.0. The topological polar surface area (TPSA) is 166 Å². The van der Waals surface area contributed by atoms with Crippen LogP contribution < -0.4 is 19.5 Å². The number of sulfonamides is 1. The number of thiazole rings is 1. The van der Waals surface area contributed by atoms with E-state index in [1.807, 2.05) is 26.0 Å². The van der Waals surface area contributed by atoms with Crippen molar-refractivity contribution in [1.29, 1.82) is 0 Å². The van der Waals surface area contributed by atoms with Crippen LogP contribution >= 0.6 is 11.3 Å². The Kier molecular flexibility index (Phi) is 10.0. The first-order chi connectivity index (χ1) is 25.3. The number of nitrogens with zero attached hydrogens (tertiary/aromatic N) is 3. The molecular formula is C39H43N5O7S2. The molecular weight excluding hydrogens is 715 g/mol. The number of pyridine rings is 1. The minimum absolute atomic E-state index is 0.00321. The van der Waals surface area contributed by atoms with Crippen molar-refractivity contribution in [2.24, 2.45) is 28.7 Å². The van der Waals surface area contributed by atoms with Crippen LogP contribution in [0.3, 0.4) is 0 Å².